The van der Waals surface area contributed by atoms with E-state index in [9.17, 15) is 4.79 Å². The lowest BCUT2D eigenvalue weighted by Crippen LogP contribution is -2.42. The molecule has 2 aromatic heterocycles. The number of hydrogen-bond acceptors (Lipinski definition) is 5. The van der Waals surface area contributed by atoms with Gasteiger partial charge < -0.3 is 20.0 Å². The summed E-state index contributed by atoms with van der Waals surface area (Å²) in [4.78, 5) is 23.0. The number of guanidine groups is 1. The molecule has 132 valence electrons. The van der Waals surface area contributed by atoms with E-state index in [1.165, 1.54) is 4.90 Å². The number of amides is 1. The average Bonchev–Trinajstić information content (AvgIpc) is 3.20. The third kappa shape index (κ3) is 6.11. The fourth-order valence-corrected chi connectivity index (χ4v) is 2.37. The van der Waals surface area contributed by atoms with Gasteiger partial charge in [0, 0.05) is 20.6 Å². The Hall–Kier alpha value is -1.62. The maximum absolute atomic E-state index is 11.6. The lowest BCUT2D eigenvalue weighted by atomic mass is 10.4. The summed E-state index contributed by atoms with van der Waals surface area (Å²) < 4.78 is 5.46. The molecule has 2 heterocycles. The van der Waals surface area contributed by atoms with Crippen LogP contribution in [0.1, 0.15) is 12.6 Å². The van der Waals surface area contributed by atoms with Crippen LogP contribution in [0.3, 0.4) is 0 Å². The molecule has 0 atom stereocenters. The Morgan fingerprint density at radius 1 is 1.42 bits per heavy atom. The van der Waals surface area contributed by atoms with Crippen LogP contribution in [0.2, 0.25) is 0 Å². The summed E-state index contributed by atoms with van der Waals surface area (Å²) in [5.41, 5.74) is 0.740. The molecule has 0 aromatic carbocycles. The van der Waals surface area contributed by atoms with Gasteiger partial charge >= 0.3 is 0 Å². The van der Waals surface area contributed by atoms with E-state index in [4.69, 9.17) is 4.42 Å². The standard InChI is InChI=1S/C15H21N5O2S.HI/c1-4-16-15(18-9-13(21)20(2)3)17-8-11-10-22-14(19-11)12-6-5-7-23-12;/h5-7,10H,4,8-9H2,1-3H3,(H2,16,17,18);1H. The maximum Gasteiger partial charge on any atom is 0.241 e. The van der Waals surface area contributed by atoms with Gasteiger partial charge in [-0.2, -0.15) is 0 Å². The summed E-state index contributed by atoms with van der Waals surface area (Å²) in [6.07, 6.45) is 1.60. The lowest BCUT2D eigenvalue weighted by molar-refractivity contribution is -0.127. The summed E-state index contributed by atoms with van der Waals surface area (Å²) in [5.74, 6) is 1.16. The number of thiophene rings is 1. The monoisotopic (exact) mass is 463 g/mol. The molecule has 0 saturated heterocycles. The summed E-state index contributed by atoms with van der Waals surface area (Å²) in [5, 5.41) is 8.07. The first-order chi connectivity index (χ1) is 11.1. The summed E-state index contributed by atoms with van der Waals surface area (Å²) in [6, 6.07) is 3.92. The van der Waals surface area contributed by atoms with E-state index in [0.29, 0.717) is 24.9 Å². The highest BCUT2D eigenvalue weighted by Gasteiger charge is 2.08. The van der Waals surface area contributed by atoms with Crippen LogP contribution in [0.15, 0.2) is 33.2 Å². The molecule has 0 radical (unpaired) electrons. The molecule has 24 heavy (non-hydrogen) atoms. The fourth-order valence-electron chi connectivity index (χ4n) is 1.71. The number of rotatable bonds is 6. The Kier molecular flexibility index (Phi) is 8.76. The number of likely N-dealkylation sites (N-methyl/N-ethyl adjacent to an activating group) is 1. The van der Waals surface area contributed by atoms with Crippen molar-refractivity contribution in [2.45, 2.75) is 13.5 Å². The van der Waals surface area contributed by atoms with Crippen molar-refractivity contribution in [3.63, 3.8) is 0 Å². The Balaban J connectivity index is 0.00000288. The van der Waals surface area contributed by atoms with Crippen molar-refractivity contribution in [3.05, 3.63) is 29.5 Å². The van der Waals surface area contributed by atoms with Gasteiger partial charge in [0.05, 0.1) is 18.0 Å². The van der Waals surface area contributed by atoms with Gasteiger partial charge in [0.25, 0.3) is 0 Å². The van der Waals surface area contributed by atoms with Gasteiger partial charge in [-0.1, -0.05) is 6.07 Å². The second kappa shape index (κ2) is 10.3. The number of nitrogens with one attached hydrogen (secondary N) is 2. The Labute approximate surface area is 162 Å². The van der Waals surface area contributed by atoms with Crippen LogP contribution in [0, 0.1) is 0 Å². The number of aromatic nitrogens is 1. The highest BCUT2D eigenvalue weighted by Crippen LogP contribution is 2.23. The molecular formula is C15H22IN5O2S. The summed E-state index contributed by atoms with van der Waals surface area (Å²) >= 11 is 1.58. The number of carbonyl (C=O) groups excluding carboxylic acids is 1. The Morgan fingerprint density at radius 3 is 2.83 bits per heavy atom. The number of aliphatic imine (C=N–C) groups is 1. The minimum Gasteiger partial charge on any atom is -0.443 e. The van der Waals surface area contributed by atoms with E-state index in [-0.39, 0.29) is 36.4 Å². The molecule has 0 bridgehead atoms. The van der Waals surface area contributed by atoms with Crippen LogP contribution in [0.4, 0.5) is 0 Å². The molecule has 9 heteroatoms. The molecule has 7 nitrogen and oxygen atoms in total. The van der Waals surface area contributed by atoms with Gasteiger partial charge in [-0.05, 0) is 18.4 Å². The predicted octanol–water partition coefficient (Wildman–Crippen LogP) is 2.16. The second-order valence-electron chi connectivity index (χ2n) is 4.96. The van der Waals surface area contributed by atoms with Crippen molar-refractivity contribution in [2.24, 2.45) is 4.99 Å². The van der Waals surface area contributed by atoms with Gasteiger partial charge in [-0.3, -0.25) is 4.79 Å². The predicted molar refractivity (Wildman–Crippen MR) is 107 cm³/mol. The normalized spacial score (nSPS) is 10.9. The molecule has 1 amide bonds. The average molecular weight is 463 g/mol. The molecule has 2 N–H and O–H groups in total. The van der Waals surface area contributed by atoms with Gasteiger partial charge in [0.1, 0.15) is 12.0 Å². The molecule has 0 fully saturated rings. The minimum atomic E-state index is -0.0166. The zero-order chi connectivity index (χ0) is 16.7. The molecule has 2 aromatic rings. The van der Waals surface area contributed by atoms with Crippen molar-refractivity contribution in [2.75, 3.05) is 27.2 Å². The molecule has 0 unspecified atom stereocenters. The summed E-state index contributed by atoms with van der Waals surface area (Å²) in [6.45, 7) is 3.25. The molecular weight excluding hydrogens is 441 g/mol. The third-order valence-electron chi connectivity index (χ3n) is 2.93. The Bertz CT molecular complexity index is 655. The van der Waals surface area contributed by atoms with Crippen LogP contribution in [0.5, 0.6) is 0 Å². The van der Waals surface area contributed by atoms with Crippen LogP contribution < -0.4 is 10.6 Å². The van der Waals surface area contributed by atoms with Crippen molar-refractivity contribution < 1.29 is 9.21 Å². The van der Waals surface area contributed by atoms with Gasteiger partial charge in [0.15, 0.2) is 5.96 Å². The zero-order valence-electron chi connectivity index (χ0n) is 13.9. The van der Waals surface area contributed by atoms with Gasteiger partial charge in [-0.15, -0.1) is 35.3 Å². The first kappa shape index (κ1) is 20.4. The fraction of sp³-hybridized carbons (Fsp3) is 0.400. The van der Waals surface area contributed by atoms with Gasteiger partial charge in [-0.25, -0.2) is 9.98 Å². The third-order valence-corrected chi connectivity index (χ3v) is 3.79. The van der Waals surface area contributed by atoms with Crippen LogP contribution in [-0.2, 0) is 11.3 Å². The Morgan fingerprint density at radius 2 is 2.21 bits per heavy atom. The SMILES string of the molecule is CCNC(=NCc1coc(-c2cccs2)n1)NCC(=O)N(C)C.I. The van der Waals surface area contributed by atoms with Crippen molar-refractivity contribution in [1.29, 1.82) is 0 Å². The number of hydrogen-bond donors (Lipinski definition) is 2. The highest BCUT2D eigenvalue weighted by molar-refractivity contribution is 14.0. The van der Waals surface area contributed by atoms with Crippen LogP contribution in [-0.4, -0.2) is 48.9 Å². The first-order valence-corrected chi connectivity index (χ1v) is 8.18. The molecule has 0 aliphatic rings. The second-order valence-corrected chi connectivity index (χ2v) is 5.91. The van der Waals surface area contributed by atoms with E-state index in [0.717, 1.165) is 10.6 Å². The first-order valence-electron chi connectivity index (χ1n) is 7.30. The highest BCUT2D eigenvalue weighted by atomic mass is 127. The minimum absolute atomic E-state index is 0. The molecule has 0 aliphatic carbocycles. The van der Waals surface area contributed by atoms with E-state index in [2.05, 4.69) is 20.6 Å². The maximum atomic E-state index is 11.6. The summed E-state index contributed by atoms with van der Waals surface area (Å²) in [7, 11) is 3.44. The smallest absolute Gasteiger partial charge is 0.241 e. The van der Waals surface area contributed by atoms with Crippen LogP contribution in [0.25, 0.3) is 10.8 Å². The molecule has 0 saturated carbocycles. The molecule has 0 aliphatic heterocycles. The van der Waals surface area contributed by atoms with E-state index >= 15 is 0 Å². The quantitative estimate of drug-likeness (QED) is 0.390. The topological polar surface area (TPSA) is 82.8 Å². The van der Waals surface area contributed by atoms with Crippen molar-refractivity contribution in [3.8, 4) is 10.8 Å². The van der Waals surface area contributed by atoms with Crippen LogP contribution >= 0.6 is 35.3 Å². The van der Waals surface area contributed by atoms with Crippen molar-refractivity contribution >= 4 is 47.2 Å². The number of nitrogens with zero attached hydrogens (tertiary/aromatic N) is 3. The van der Waals surface area contributed by atoms with Crippen molar-refractivity contribution in [1.82, 2.24) is 20.5 Å². The van der Waals surface area contributed by atoms with E-state index in [1.807, 2.05) is 24.4 Å². The molecule has 0 spiro atoms. The largest absolute Gasteiger partial charge is 0.443 e. The molecule has 2 rings (SSSR count). The van der Waals surface area contributed by atoms with Gasteiger partial charge in [0.2, 0.25) is 11.8 Å². The van der Waals surface area contributed by atoms with E-state index in [1.54, 1.807) is 31.7 Å². The number of halogens is 1. The number of oxazole rings is 1. The lowest BCUT2D eigenvalue weighted by Gasteiger charge is -2.13. The number of carbonyl (C=O) groups is 1. The van der Waals surface area contributed by atoms with E-state index < -0.39 is 0 Å². The zero-order valence-corrected chi connectivity index (χ0v) is 17.1.